The standard InChI is InChI=1S/C49H56ClN7O9S2.C48H48ClN7O7S/c1-49(2)14-10-36(43(28-49)34-4-6-37(50)7-5-34)30-54-18-20-55(21-19-54)38-8-9-41(46(25-38)66-39-24-35-11-15-51-47(35)52-29-39)48(58)53-68(63,64)40-26-44(57(59)60)42-23-33(31-65-45(42)27-40)22-32-12-16-56(17-13-32)67(3,61)62;1-30-4-11-42(51-26-30)34-21-40-43(56(58)59)23-38(24-44(40)62-29-34)64(60,61)53-47(57)39-10-9-36(22-45(39)63-37-20-32-13-15-50-46(32)52-27-37)55-18-16-54(17-19-55)28-33-12-14-48(2,3)25-41(33)31-5-7-35(49)8-6-31/h4-9,11,15,24-27,29,32-33H,10,12-14,16-23,28,30-31H2,1-3H3,(H,51,52)(H,53,58);4-11,13,15,20,22-24,26-27,34H,12,14,16-19,21,25,28-29H2,1-3H3,(H,50,52)(H,53,57)/t33-;34-/m11/s1. The van der Waals surface area contributed by atoms with Gasteiger partial charge in [0.1, 0.15) is 45.8 Å². The lowest BCUT2D eigenvalue weighted by Crippen LogP contribution is -2.47. The molecule has 6 aromatic carbocycles. The Bertz CT molecular complexity index is 6710. The fourth-order valence-corrected chi connectivity index (χ4v) is 22.1. The Morgan fingerprint density at radius 2 is 0.992 bits per heavy atom. The molecule has 2 amide bonds. The summed E-state index contributed by atoms with van der Waals surface area (Å²) in [5, 5.41) is 27.8. The van der Waals surface area contributed by atoms with E-state index in [2.05, 4.69) is 106 Å². The van der Waals surface area contributed by atoms with Gasteiger partial charge < -0.3 is 38.7 Å². The minimum Gasteiger partial charge on any atom is -0.493 e. The summed E-state index contributed by atoms with van der Waals surface area (Å²) in [5.41, 5.74) is 12.7. The first-order chi connectivity index (χ1) is 63.0. The number of rotatable bonds is 24. The van der Waals surface area contributed by atoms with Crippen LogP contribution in [0.1, 0.15) is 146 Å². The number of nitro groups is 2. The number of carbonyl (C=O) groups is 2. The monoisotopic (exact) mass is 1890 g/mol. The van der Waals surface area contributed by atoms with Crippen molar-refractivity contribution in [2.24, 2.45) is 22.7 Å². The largest absolute Gasteiger partial charge is 0.493 e. The topological polar surface area (TPSA) is 370 Å². The number of H-pyrrole nitrogens is 2. The zero-order valence-corrected chi connectivity index (χ0v) is 78.1. The van der Waals surface area contributed by atoms with Crippen molar-refractivity contribution >= 4 is 121 Å². The van der Waals surface area contributed by atoms with Crippen LogP contribution in [0.5, 0.6) is 34.5 Å². The maximum Gasteiger partial charge on any atom is 0.277 e. The number of nitrogens with one attached hydrogen (secondary N) is 4. The second kappa shape index (κ2) is 38.0. The third kappa shape index (κ3) is 21.3. The molecule has 2 atom stereocenters. The van der Waals surface area contributed by atoms with Crippen LogP contribution in [0.15, 0.2) is 198 Å². The van der Waals surface area contributed by atoms with E-state index < -0.39 is 72.9 Å². The number of pyridine rings is 3. The van der Waals surface area contributed by atoms with Gasteiger partial charge in [-0.2, -0.15) is 0 Å². The number of amides is 2. The number of nitro benzene ring substituents is 2. The number of carbonyl (C=O) groups excluding carboxylic acids is 2. The van der Waals surface area contributed by atoms with Crippen LogP contribution in [0, 0.1) is 49.8 Å². The summed E-state index contributed by atoms with van der Waals surface area (Å²) >= 11 is 12.5. The Morgan fingerprint density at radius 1 is 0.538 bits per heavy atom. The third-order valence-electron chi connectivity index (χ3n) is 26.4. The van der Waals surface area contributed by atoms with Crippen LogP contribution in [-0.4, -0.2) is 184 Å². The maximum absolute atomic E-state index is 14.1. The van der Waals surface area contributed by atoms with E-state index in [1.165, 1.54) is 80.6 Å². The number of halogens is 2. The SMILES string of the molecule is CC1(C)CCC(CN2CCN(c3ccc(C(=O)NS(=O)(=O)c4cc5c(c([N+](=O)[O-])c4)C[C@@H](CC4CCN(S(C)(=O)=O)CC4)CO5)c(Oc4cnc5[nH]ccc5c4)c3)CC2)=C(c2ccc(Cl)cc2)C1.Cc1ccc([C@H]2COc3cc(S(=O)(=O)NC(=O)c4ccc(N5CCN(CC6=C(c7ccc(Cl)cc7)CC(C)(C)CC6)CC5)cc4Oc4cnc5[nH]ccc5c4)cc([N+](=O)[O-])c3C2)nc1. The molecular formula is C97H104Cl2N14O16S3. The molecule has 0 spiro atoms. The van der Waals surface area contributed by atoms with Gasteiger partial charge in [0.15, 0.2) is 0 Å². The van der Waals surface area contributed by atoms with Gasteiger partial charge in [0.25, 0.3) is 43.2 Å². The summed E-state index contributed by atoms with van der Waals surface area (Å²) in [5.74, 6) is -1.09. The van der Waals surface area contributed by atoms with Crippen LogP contribution >= 0.6 is 23.2 Å². The van der Waals surface area contributed by atoms with Crippen molar-refractivity contribution in [2.45, 2.75) is 121 Å². The van der Waals surface area contributed by atoms with Crippen molar-refractivity contribution in [3.05, 3.63) is 263 Å². The lowest BCUT2D eigenvalue weighted by molar-refractivity contribution is -0.386. The first kappa shape index (κ1) is 92.0. The quantitative estimate of drug-likeness (QED) is 0.0322. The van der Waals surface area contributed by atoms with E-state index in [4.69, 9.17) is 42.1 Å². The number of hydrogen-bond donors (Lipinski definition) is 4. The van der Waals surface area contributed by atoms with Gasteiger partial charge in [0, 0.05) is 177 Å². The molecule has 3 fully saturated rings. The molecular weight excluding hydrogens is 1780 g/mol. The van der Waals surface area contributed by atoms with Crippen LogP contribution in [0.3, 0.4) is 0 Å². The number of aryl methyl sites for hydroxylation is 1. The first-order valence-corrected chi connectivity index (χ1v) is 49.9. The molecule has 2 aliphatic carbocycles. The van der Waals surface area contributed by atoms with Crippen LogP contribution in [0.25, 0.3) is 33.2 Å². The highest BCUT2D eigenvalue weighted by molar-refractivity contribution is 7.90. The van der Waals surface area contributed by atoms with Crippen LogP contribution in [0.2, 0.25) is 10.0 Å². The molecule has 4 N–H and O–H groups in total. The number of aromatic nitrogens is 5. The number of aromatic amines is 2. The molecule has 690 valence electrons. The van der Waals surface area contributed by atoms with Crippen molar-refractivity contribution in [1.82, 2.24) is 48.5 Å². The number of anilines is 2. The number of sulfonamides is 3. The normalized spacial score (nSPS) is 18.7. The van der Waals surface area contributed by atoms with E-state index in [0.717, 1.165) is 128 Å². The Balaban J connectivity index is 0.000000185. The molecule has 11 aromatic rings. The highest BCUT2D eigenvalue weighted by Crippen LogP contribution is 2.48. The zero-order valence-electron chi connectivity index (χ0n) is 74.1. The summed E-state index contributed by atoms with van der Waals surface area (Å²) < 4.78 is 110. The molecule has 0 bridgehead atoms. The van der Waals surface area contributed by atoms with Gasteiger partial charge in [0.05, 0.1) is 73.8 Å². The Labute approximate surface area is 776 Å². The molecule has 30 nitrogen and oxygen atoms in total. The van der Waals surface area contributed by atoms with Crippen molar-refractivity contribution < 1.29 is 63.6 Å². The average Bonchev–Trinajstić information content (AvgIpc) is 0.895. The molecule has 35 heteroatoms. The van der Waals surface area contributed by atoms with Crippen molar-refractivity contribution in [3.63, 3.8) is 0 Å². The van der Waals surface area contributed by atoms with Crippen molar-refractivity contribution in [1.29, 1.82) is 0 Å². The Morgan fingerprint density at radius 3 is 1.43 bits per heavy atom. The molecule has 0 unspecified atom stereocenters. The van der Waals surface area contributed by atoms with Crippen LogP contribution in [0.4, 0.5) is 22.7 Å². The van der Waals surface area contributed by atoms with Crippen LogP contribution in [-0.2, 0) is 42.9 Å². The molecule has 10 heterocycles. The fourth-order valence-electron chi connectivity index (χ4n) is 19.0. The minimum atomic E-state index is -4.68. The highest BCUT2D eigenvalue weighted by atomic mass is 35.5. The van der Waals surface area contributed by atoms with Gasteiger partial charge in [-0.25, -0.2) is 49.0 Å². The number of nitrogens with zero attached hydrogens (tertiary/aromatic N) is 10. The number of piperidine rings is 1. The molecule has 3 saturated heterocycles. The maximum atomic E-state index is 14.1. The van der Waals surface area contributed by atoms with Gasteiger partial charge in [-0.05, 0) is 207 Å². The minimum absolute atomic E-state index is 0.0563. The summed E-state index contributed by atoms with van der Waals surface area (Å²) in [6.45, 7) is 20.2. The molecule has 0 saturated carbocycles. The summed E-state index contributed by atoms with van der Waals surface area (Å²) in [7, 11) is -12.6. The second-order valence-corrected chi connectivity index (χ2v) is 43.3. The number of hydrogen-bond acceptors (Lipinski definition) is 23. The van der Waals surface area contributed by atoms with E-state index in [0.29, 0.717) is 87.0 Å². The van der Waals surface area contributed by atoms with Crippen molar-refractivity contribution in [3.8, 4) is 34.5 Å². The van der Waals surface area contributed by atoms with Gasteiger partial charge in [-0.15, -0.1) is 0 Å². The zero-order chi connectivity index (χ0) is 92.7. The number of benzene rings is 6. The van der Waals surface area contributed by atoms with Gasteiger partial charge >= 0.3 is 0 Å². The first-order valence-electron chi connectivity index (χ1n) is 44.3. The van der Waals surface area contributed by atoms with E-state index >= 15 is 0 Å². The predicted molar refractivity (Wildman–Crippen MR) is 507 cm³/mol. The third-order valence-corrected chi connectivity index (χ3v) is 30.8. The number of ether oxygens (including phenoxy) is 4. The van der Waals surface area contributed by atoms with E-state index in [-0.39, 0.29) is 99.9 Å². The number of fused-ring (bicyclic) bond motifs is 4. The van der Waals surface area contributed by atoms with Gasteiger partial charge in [-0.1, -0.05) is 92.4 Å². The molecule has 132 heavy (non-hydrogen) atoms. The Kier molecular flexibility index (Phi) is 26.5. The lowest BCUT2D eigenvalue weighted by Gasteiger charge is -2.39. The molecule has 7 aliphatic rings. The summed E-state index contributed by atoms with van der Waals surface area (Å²) in [6, 6.07) is 41.7. The summed E-state index contributed by atoms with van der Waals surface area (Å²) in [4.78, 5) is 79.5. The average molecular weight is 1890 g/mol. The summed E-state index contributed by atoms with van der Waals surface area (Å²) in [6.07, 6.45) is 18.3. The van der Waals surface area contributed by atoms with E-state index in [1.807, 2.05) is 55.5 Å². The van der Waals surface area contributed by atoms with Crippen molar-refractivity contribution in [2.75, 3.05) is 108 Å². The highest BCUT2D eigenvalue weighted by Gasteiger charge is 2.39. The van der Waals surface area contributed by atoms with E-state index in [1.54, 1.807) is 55.0 Å². The Hall–Kier alpha value is -11.8. The number of allylic oxidation sites excluding steroid dienone is 2. The molecule has 18 rings (SSSR count). The predicted octanol–water partition coefficient (Wildman–Crippen LogP) is 17.7. The van der Waals surface area contributed by atoms with E-state index in [9.17, 15) is 55.1 Å². The molecule has 5 aromatic heterocycles. The second-order valence-electron chi connectivity index (χ2n) is 37.0. The molecule has 5 aliphatic heterocycles. The molecule has 0 radical (unpaired) electrons. The van der Waals surface area contributed by atoms with Crippen LogP contribution < -0.4 is 38.2 Å². The van der Waals surface area contributed by atoms with Gasteiger partial charge in [-0.3, -0.25) is 44.6 Å². The fraction of sp³-hybridized carbons (Fsp3) is 0.371. The smallest absolute Gasteiger partial charge is 0.277 e. The number of piperazine rings is 2. The lowest BCUT2D eigenvalue weighted by atomic mass is 9.72. The van der Waals surface area contributed by atoms with Gasteiger partial charge in [0.2, 0.25) is 10.0 Å².